The van der Waals surface area contributed by atoms with Gasteiger partial charge >= 0.3 is 0 Å². The lowest BCUT2D eigenvalue weighted by Crippen LogP contribution is -2.56. The molecule has 0 bridgehead atoms. The summed E-state index contributed by atoms with van der Waals surface area (Å²) in [5, 5.41) is 6.33. The normalized spacial score (nSPS) is 22.8. The highest BCUT2D eigenvalue weighted by Crippen LogP contribution is 2.09. The second-order valence-electron chi connectivity index (χ2n) is 5.47. The Labute approximate surface area is 129 Å². The van der Waals surface area contributed by atoms with Crippen molar-refractivity contribution in [2.24, 2.45) is 0 Å². The molecule has 1 aliphatic rings. The summed E-state index contributed by atoms with van der Waals surface area (Å²) in [6.45, 7) is 6.01. The summed E-state index contributed by atoms with van der Waals surface area (Å²) in [5.74, 6) is -0.677. The zero-order valence-electron chi connectivity index (χ0n) is 12.2. The van der Waals surface area contributed by atoms with Gasteiger partial charge in [0.25, 0.3) is 5.91 Å². The highest BCUT2D eigenvalue weighted by molar-refractivity contribution is 6.30. The Balaban J connectivity index is 1.89. The molecule has 2 rings (SSSR count). The summed E-state index contributed by atoms with van der Waals surface area (Å²) >= 11 is 5.77. The van der Waals surface area contributed by atoms with Crippen LogP contribution >= 0.6 is 11.6 Å². The smallest absolute Gasteiger partial charge is 0.257 e. The molecule has 2 amide bonds. The van der Waals surface area contributed by atoms with Gasteiger partial charge in [-0.1, -0.05) is 11.6 Å². The number of halogens is 1. The van der Waals surface area contributed by atoms with Crippen molar-refractivity contribution in [2.45, 2.75) is 25.9 Å². The van der Waals surface area contributed by atoms with Gasteiger partial charge in [-0.3, -0.25) is 19.8 Å². The van der Waals surface area contributed by atoms with Crippen LogP contribution in [0.25, 0.3) is 0 Å². The summed E-state index contributed by atoms with van der Waals surface area (Å²) in [7, 11) is 0. The summed E-state index contributed by atoms with van der Waals surface area (Å²) < 4.78 is 0. The number of piperazine rings is 1. The molecule has 1 heterocycles. The SMILES string of the molecule is CC1CN(CC(=O)NC(=O)c2ccc(Cl)cc2)C(C)CN1. The Bertz CT molecular complexity index is 518. The quantitative estimate of drug-likeness (QED) is 0.883. The van der Waals surface area contributed by atoms with Gasteiger partial charge in [0.05, 0.1) is 6.54 Å². The summed E-state index contributed by atoms with van der Waals surface area (Å²) in [5.41, 5.74) is 0.425. The van der Waals surface area contributed by atoms with E-state index < -0.39 is 5.91 Å². The number of carbonyl (C=O) groups excluding carboxylic acids is 2. The first-order valence-corrected chi connectivity index (χ1v) is 7.40. The van der Waals surface area contributed by atoms with Gasteiger partial charge < -0.3 is 5.32 Å². The van der Waals surface area contributed by atoms with E-state index in [1.165, 1.54) is 0 Å². The van der Waals surface area contributed by atoms with E-state index in [1.807, 2.05) is 0 Å². The molecule has 21 heavy (non-hydrogen) atoms. The van der Waals surface area contributed by atoms with Gasteiger partial charge in [0.2, 0.25) is 5.91 Å². The third-order valence-electron chi connectivity index (χ3n) is 3.60. The zero-order valence-corrected chi connectivity index (χ0v) is 13.0. The topological polar surface area (TPSA) is 61.4 Å². The summed E-state index contributed by atoms with van der Waals surface area (Å²) in [6.07, 6.45) is 0. The Morgan fingerprint density at radius 3 is 2.67 bits per heavy atom. The Morgan fingerprint density at radius 1 is 1.33 bits per heavy atom. The molecule has 1 aromatic rings. The average Bonchev–Trinajstić information content (AvgIpc) is 2.43. The summed E-state index contributed by atoms with van der Waals surface area (Å²) in [4.78, 5) is 26.0. The lowest BCUT2D eigenvalue weighted by Gasteiger charge is -2.36. The number of amides is 2. The number of imide groups is 1. The fraction of sp³-hybridized carbons (Fsp3) is 0.467. The number of nitrogens with one attached hydrogen (secondary N) is 2. The van der Waals surface area contributed by atoms with Crippen molar-refractivity contribution in [2.75, 3.05) is 19.6 Å². The molecule has 1 aromatic carbocycles. The van der Waals surface area contributed by atoms with Crippen LogP contribution in [0.1, 0.15) is 24.2 Å². The van der Waals surface area contributed by atoms with Gasteiger partial charge in [0.15, 0.2) is 0 Å². The van der Waals surface area contributed by atoms with Crippen LogP contribution in [0.4, 0.5) is 0 Å². The van der Waals surface area contributed by atoms with Gasteiger partial charge in [-0.2, -0.15) is 0 Å². The molecule has 5 nitrogen and oxygen atoms in total. The molecular formula is C15H20ClN3O2. The van der Waals surface area contributed by atoms with Crippen LogP contribution in [0.15, 0.2) is 24.3 Å². The van der Waals surface area contributed by atoms with Crippen LogP contribution in [0.2, 0.25) is 5.02 Å². The molecule has 6 heteroatoms. The van der Waals surface area contributed by atoms with Crippen LogP contribution in [-0.4, -0.2) is 48.4 Å². The van der Waals surface area contributed by atoms with Crippen molar-refractivity contribution in [3.8, 4) is 0 Å². The van der Waals surface area contributed by atoms with E-state index in [9.17, 15) is 9.59 Å². The van der Waals surface area contributed by atoms with E-state index >= 15 is 0 Å². The largest absolute Gasteiger partial charge is 0.311 e. The molecule has 0 radical (unpaired) electrons. The monoisotopic (exact) mass is 309 g/mol. The van der Waals surface area contributed by atoms with E-state index in [2.05, 4.69) is 29.4 Å². The molecular weight excluding hydrogens is 290 g/mol. The van der Waals surface area contributed by atoms with Crippen LogP contribution < -0.4 is 10.6 Å². The third-order valence-corrected chi connectivity index (χ3v) is 3.85. The van der Waals surface area contributed by atoms with Crippen molar-refractivity contribution in [3.05, 3.63) is 34.9 Å². The van der Waals surface area contributed by atoms with E-state index in [1.54, 1.807) is 24.3 Å². The second kappa shape index (κ2) is 7.02. The predicted octanol–water partition coefficient (Wildman–Crippen LogP) is 1.28. The zero-order chi connectivity index (χ0) is 15.4. The van der Waals surface area contributed by atoms with Gasteiger partial charge in [-0.15, -0.1) is 0 Å². The minimum atomic E-state index is -0.396. The number of nitrogens with zero attached hydrogens (tertiary/aromatic N) is 1. The minimum Gasteiger partial charge on any atom is -0.311 e. The second-order valence-corrected chi connectivity index (χ2v) is 5.91. The molecule has 2 unspecified atom stereocenters. The van der Waals surface area contributed by atoms with Crippen molar-refractivity contribution in [1.29, 1.82) is 0 Å². The van der Waals surface area contributed by atoms with Gasteiger partial charge in [0.1, 0.15) is 0 Å². The predicted molar refractivity (Wildman–Crippen MR) is 82.4 cm³/mol. The highest BCUT2D eigenvalue weighted by Gasteiger charge is 2.24. The fourth-order valence-corrected chi connectivity index (χ4v) is 2.47. The first-order chi connectivity index (χ1) is 9.95. The Hall–Kier alpha value is -1.43. The Kier molecular flexibility index (Phi) is 5.33. The van der Waals surface area contributed by atoms with Crippen molar-refractivity contribution >= 4 is 23.4 Å². The van der Waals surface area contributed by atoms with Gasteiger partial charge in [-0.25, -0.2) is 0 Å². The standard InChI is InChI=1S/C15H20ClN3O2/c1-10-8-19(11(2)7-17-10)9-14(20)18-15(21)12-3-5-13(16)6-4-12/h3-6,10-11,17H,7-9H2,1-2H3,(H,18,20,21). The van der Waals surface area contributed by atoms with E-state index in [0.29, 0.717) is 16.6 Å². The number of benzene rings is 1. The molecule has 2 atom stereocenters. The molecule has 0 aromatic heterocycles. The van der Waals surface area contributed by atoms with E-state index in [-0.39, 0.29) is 18.5 Å². The molecule has 1 aliphatic heterocycles. The molecule has 1 saturated heterocycles. The van der Waals surface area contributed by atoms with Crippen LogP contribution in [0, 0.1) is 0 Å². The molecule has 2 N–H and O–H groups in total. The minimum absolute atomic E-state index is 0.229. The molecule has 0 spiro atoms. The lowest BCUT2D eigenvalue weighted by molar-refractivity contribution is -0.122. The number of rotatable bonds is 3. The van der Waals surface area contributed by atoms with Gasteiger partial charge in [-0.05, 0) is 38.1 Å². The van der Waals surface area contributed by atoms with Crippen LogP contribution in [0.3, 0.4) is 0 Å². The molecule has 0 aliphatic carbocycles. The maximum Gasteiger partial charge on any atom is 0.257 e. The van der Waals surface area contributed by atoms with Crippen molar-refractivity contribution in [3.63, 3.8) is 0 Å². The first kappa shape index (κ1) is 15.9. The van der Waals surface area contributed by atoms with Crippen LogP contribution in [-0.2, 0) is 4.79 Å². The number of hydrogen-bond donors (Lipinski definition) is 2. The molecule has 114 valence electrons. The molecule has 0 saturated carbocycles. The van der Waals surface area contributed by atoms with Crippen molar-refractivity contribution < 1.29 is 9.59 Å². The average molecular weight is 310 g/mol. The lowest BCUT2D eigenvalue weighted by atomic mass is 10.1. The maximum atomic E-state index is 12.0. The maximum absolute atomic E-state index is 12.0. The van der Waals surface area contributed by atoms with Gasteiger partial charge in [0, 0.05) is 35.8 Å². The van der Waals surface area contributed by atoms with E-state index in [4.69, 9.17) is 11.6 Å². The summed E-state index contributed by atoms with van der Waals surface area (Å²) in [6, 6.07) is 7.07. The first-order valence-electron chi connectivity index (χ1n) is 7.03. The van der Waals surface area contributed by atoms with Crippen molar-refractivity contribution in [1.82, 2.24) is 15.5 Å². The fourth-order valence-electron chi connectivity index (χ4n) is 2.34. The Morgan fingerprint density at radius 2 is 2.00 bits per heavy atom. The highest BCUT2D eigenvalue weighted by atomic mass is 35.5. The number of hydrogen-bond acceptors (Lipinski definition) is 4. The third kappa shape index (κ3) is 4.52. The number of carbonyl (C=O) groups is 2. The molecule has 1 fully saturated rings. The van der Waals surface area contributed by atoms with Crippen LogP contribution in [0.5, 0.6) is 0 Å². The van der Waals surface area contributed by atoms with E-state index in [0.717, 1.165) is 13.1 Å².